The Morgan fingerprint density at radius 2 is 2.00 bits per heavy atom. The average molecular weight is 188 g/mol. The number of cyclic esters (lactones) is 1. The first kappa shape index (κ1) is 9.98. The van der Waals surface area contributed by atoms with Crippen molar-refractivity contribution in [1.82, 2.24) is 0 Å². The van der Waals surface area contributed by atoms with Gasteiger partial charge >= 0.3 is 11.9 Å². The number of carboxylic acids is 1. The number of carboxylic acid groups (broad SMARTS) is 1. The number of aliphatic carboxylic acids is 1. The molecule has 0 unspecified atom stereocenters. The van der Waals surface area contributed by atoms with Gasteiger partial charge in [0.2, 0.25) is 5.60 Å². The molecule has 0 aliphatic carbocycles. The van der Waals surface area contributed by atoms with Crippen molar-refractivity contribution < 1.29 is 24.5 Å². The summed E-state index contributed by atoms with van der Waals surface area (Å²) in [6.07, 6.45) is 0. The second-order valence-electron chi connectivity index (χ2n) is 3.63. The fraction of sp³-hybridized carbons (Fsp3) is 0.750. The minimum atomic E-state index is -1.84. The highest BCUT2D eigenvalue weighted by Gasteiger charge is 2.63. The SMILES string of the molecule is C[C@@H]1C(=O)O[C@](C)(C(=O)O)[C@@]1(C)O. The largest absolute Gasteiger partial charge is 0.478 e. The van der Waals surface area contributed by atoms with Gasteiger partial charge in [-0.1, -0.05) is 0 Å². The summed E-state index contributed by atoms with van der Waals surface area (Å²) in [6.45, 7) is 3.92. The number of hydrogen-bond donors (Lipinski definition) is 2. The number of carbonyl (C=O) groups is 2. The zero-order chi connectivity index (χ0) is 10.4. The topological polar surface area (TPSA) is 83.8 Å². The van der Waals surface area contributed by atoms with E-state index in [1.165, 1.54) is 20.8 Å². The summed E-state index contributed by atoms with van der Waals surface area (Å²) < 4.78 is 4.65. The van der Waals surface area contributed by atoms with Gasteiger partial charge in [0.1, 0.15) is 5.60 Å². The molecule has 2 N–H and O–H groups in total. The van der Waals surface area contributed by atoms with E-state index in [0.717, 1.165) is 0 Å². The van der Waals surface area contributed by atoms with Crippen molar-refractivity contribution in [2.45, 2.75) is 32.0 Å². The number of aliphatic hydroxyl groups is 1. The van der Waals surface area contributed by atoms with Gasteiger partial charge in [0.15, 0.2) is 0 Å². The molecule has 1 aliphatic heterocycles. The molecule has 0 amide bonds. The Morgan fingerprint density at radius 1 is 1.54 bits per heavy atom. The van der Waals surface area contributed by atoms with Crippen LogP contribution in [0.5, 0.6) is 0 Å². The fourth-order valence-electron chi connectivity index (χ4n) is 1.30. The average Bonchev–Trinajstić information content (AvgIpc) is 2.14. The van der Waals surface area contributed by atoms with Crippen LogP contribution in [0.1, 0.15) is 20.8 Å². The second kappa shape index (κ2) is 2.45. The van der Waals surface area contributed by atoms with Gasteiger partial charge < -0.3 is 14.9 Å². The van der Waals surface area contributed by atoms with E-state index >= 15 is 0 Å². The van der Waals surface area contributed by atoms with Crippen LogP contribution >= 0.6 is 0 Å². The third-order valence-corrected chi connectivity index (χ3v) is 2.88. The molecule has 0 aromatic carbocycles. The lowest BCUT2D eigenvalue weighted by Crippen LogP contribution is -2.54. The summed E-state index contributed by atoms with van der Waals surface area (Å²) in [4.78, 5) is 21.9. The molecule has 0 saturated carbocycles. The Kier molecular flexibility index (Phi) is 1.88. The fourth-order valence-corrected chi connectivity index (χ4v) is 1.30. The highest BCUT2D eigenvalue weighted by molar-refractivity contribution is 5.89. The second-order valence-corrected chi connectivity index (χ2v) is 3.63. The van der Waals surface area contributed by atoms with Crippen LogP contribution < -0.4 is 0 Å². The number of esters is 1. The molecule has 0 spiro atoms. The summed E-state index contributed by atoms with van der Waals surface area (Å²) in [7, 11) is 0. The zero-order valence-electron chi connectivity index (χ0n) is 7.70. The Balaban J connectivity index is 3.17. The summed E-state index contributed by atoms with van der Waals surface area (Å²) >= 11 is 0. The molecule has 1 rings (SSSR count). The van der Waals surface area contributed by atoms with E-state index < -0.39 is 29.1 Å². The maximum absolute atomic E-state index is 11.1. The van der Waals surface area contributed by atoms with Crippen LogP contribution in [0.25, 0.3) is 0 Å². The number of carbonyl (C=O) groups excluding carboxylic acids is 1. The van der Waals surface area contributed by atoms with Crippen LogP contribution in [0.4, 0.5) is 0 Å². The van der Waals surface area contributed by atoms with Crippen molar-refractivity contribution in [3.63, 3.8) is 0 Å². The highest BCUT2D eigenvalue weighted by Crippen LogP contribution is 2.40. The summed E-state index contributed by atoms with van der Waals surface area (Å²) in [5, 5.41) is 18.6. The number of ether oxygens (including phenoxy) is 1. The van der Waals surface area contributed by atoms with Gasteiger partial charge in [0, 0.05) is 0 Å². The van der Waals surface area contributed by atoms with E-state index in [2.05, 4.69) is 4.74 Å². The molecule has 74 valence electrons. The molecule has 3 atom stereocenters. The first-order valence-corrected chi connectivity index (χ1v) is 3.92. The van der Waals surface area contributed by atoms with Gasteiger partial charge in [0.25, 0.3) is 0 Å². The van der Waals surface area contributed by atoms with Crippen LogP contribution in [-0.4, -0.2) is 33.4 Å². The Morgan fingerprint density at radius 3 is 2.15 bits per heavy atom. The third-order valence-electron chi connectivity index (χ3n) is 2.88. The number of rotatable bonds is 1. The van der Waals surface area contributed by atoms with E-state index in [4.69, 9.17) is 5.11 Å². The van der Waals surface area contributed by atoms with E-state index in [1.807, 2.05) is 0 Å². The molecule has 0 radical (unpaired) electrons. The van der Waals surface area contributed by atoms with Crippen molar-refractivity contribution >= 4 is 11.9 Å². The molecule has 5 nitrogen and oxygen atoms in total. The standard InChI is InChI=1S/C8H12O5/c1-4-5(9)13-8(3,6(10)11)7(4,2)12/h4,12H,1-3H3,(H,10,11)/t4-,7+,8-/m1/s1. The van der Waals surface area contributed by atoms with Crippen LogP contribution in [0, 0.1) is 5.92 Å². The van der Waals surface area contributed by atoms with Crippen LogP contribution in [0.15, 0.2) is 0 Å². The molecular formula is C8H12O5. The van der Waals surface area contributed by atoms with Gasteiger partial charge in [-0.15, -0.1) is 0 Å². The summed E-state index contributed by atoms with van der Waals surface area (Å²) in [6, 6.07) is 0. The number of hydrogen-bond acceptors (Lipinski definition) is 4. The van der Waals surface area contributed by atoms with Crippen molar-refractivity contribution in [1.29, 1.82) is 0 Å². The van der Waals surface area contributed by atoms with Gasteiger partial charge in [-0.3, -0.25) is 4.79 Å². The molecule has 1 saturated heterocycles. The Bertz CT molecular complexity index is 268. The normalized spacial score (nSPS) is 44.6. The molecule has 0 bridgehead atoms. The molecule has 0 aromatic rings. The lowest BCUT2D eigenvalue weighted by molar-refractivity contribution is -0.181. The molecule has 13 heavy (non-hydrogen) atoms. The first-order valence-electron chi connectivity index (χ1n) is 3.92. The zero-order valence-corrected chi connectivity index (χ0v) is 7.70. The smallest absolute Gasteiger partial charge is 0.350 e. The highest BCUT2D eigenvalue weighted by atomic mass is 16.6. The van der Waals surface area contributed by atoms with Crippen LogP contribution in [0.3, 0.4) is 0 Å². The van der Waals surface area contributed by atoms with Gasteiger partial charge in [-0.25, -0.2) is 4.79 Å². The maximum atomic E-state index is 11.1. The van der Waals surface area contributed by atoms with E-state index in [-0.39, 0.29) is 0 Å². The van der Waals surface area contributed by atoms with Gasteiger partial charge in [-0.05, 0) is 20.8 Å². The van der Waals surface area contributed by atoms with Gasteiger partial charge in [0.05, 0.1) is 5.92 Å². The minimum Gasteiger partial charge on any atom is -0.478 e. The van der Waals surface area contributed by atoms with Crippen LogP contribution in [-0.2, 0) is 14.3 Å². The predicted octanol–water partition coefficient (Wildman–Crippen LogP) is -0.226. The maximum Gasteiger partial charge on any atom is 0.350 e. The van der Waals surface area contributed by atoms with Crippen molar-refractivity contribution in [3.8, 4) is 0 Å². The Labute approximate surface area is 75.3 Å². The molecular weight excluding hydrogens is 176 g/mol. The van der Waals surface area contributed by atoms with Crippen molar-refractivity contribution in [2.24, 2.45) is 5.92 Å². The lowest BCUT2D eigenvalue weighted by Gasteiger charge is -2.31. The molecule has 1 fully saturated rings. The van der Waals surface area contributed by atoms with Crippen molar-refractivity contribution in [3.05, 3.63) is 0 Å². The van der Waals surface area contributed by atoms with E-state index in [0.29, 0.717) is 0 Å². The van der Waals surface area contributed by atoms with Crippen LogP contribution in [0.2, 0.25) is 0 Å². The van der Waals surface area contributed by atoms with E-state index in [1.54, 1.807) is 0 Å². The third kappa shape index (κ3) is 1.03. The van der Waals surface area contributed by atoms with Crippen molar-refractivity contribution in [2.75, 3.05) is 0 Å². The molecule has 1 aliphatic rings. The lowest BCUT2D eigenvalue weighted by atomic mass is 9.80. The predicted molar refractivity (Wildman–Crippen MR) is 41.9 cm³/mol. The van der Waals surface area contributed by atoms with Gasteiger partial charge in [-0.2, -0.15) is 0 Å². The first-order chi connectivity index (χ1) is 5.73. The van der Waals surface area contributed by atoms with E-state index in [9.17, 15) is 14.7 Å². The molecule has 0 aromatic heterocycles. The minimum absolute atomic E-state index is 0.685. The summed E-state index contributed by atoms with van der Waals surface area (Å²) in [5.74, 6) is -2.85. The molecule has 5 heteroatoms. The quantitative estimate of drug-likeness (QED) is 0.555. The molecule has 1 heterocycles. The monoisotopic (exact) mass is 188 g/mol. The Hall–Kier alpha value is -1.10. The summed E-state index contributed by atoms with van der Waals surface area (Å²) in [5.41, 5.74) is -3.51.